The van der Waals surface area contributed by atoms with Gasteiger partial charge in [-0.2, -0.15) is 0 Å². The lowest BCUT2D eigenvalue weighted by molar-refractivity contribution is 0.0819. The Labute approximate surface area is 116 Å². The lowest BCUT2D eigenvalue weighted by atomic mass is 9.95. The Morgan fingerprint density at radius 2 is 1.68 bits per heavy atom. The molecule has 0 spiro atoms. The lowest BCUT2D eigenvalue weighted by Gasteiger charge is -2.32. The standard InChI is InChI=1S/C16H24N2O/c1-11-9-13(3)15(10-12(11)2)16(19)14(4)18-7-5-17-6-8-18/h9-10,14,17H,5-8H2,1-4H3. The summed E-state index contributed by atoms with van der Waals surface area (Å²) in [6, 6.07) is 4.14. The summed E-state index contributed by atoms with van der Waals surface area (Å²) in [5.74, 6) is 0.252. The van der Waals surface area contributed by atoms with E-state index >= 15 is 0 Å². The molecule has 104 valence electrons. The number of nitrogens with one attached hydrogen (secondary N) is 1. The van der Waals surface area contributed by atoms with Crippen molar-refractivity contribution in [2.24, 2.45) is 0 Å². The van der Waals surface area contributed by atoms with E-state index in [9.17, 15) is 4.79 Å². The average Bonchev–Trinajstić information content (AvgIpc) is 2.42. The highest BCUT2D eigenvalue weighted by Crippen LogP contribution is 2.18. The van der Waals surface area contributed by atoms with Gasteiger partial charge in [-0.15, -0.1) is 0 Å². The van der Waals surface area contributed by atoms with E-state index in [4.69, 9.17) is 0 Å². The molecule has 0 aliphatic carbocycles. The minimum Gasteiger partial charge on any atom is -0.314 e. The molecule has 3 heteroatoms. The maximum absolute atomic E-state index is 12.7. The monoisotopic (exact) mass is 260 g/mol. The summed E-state index contributed by atoms with van der Waals surface area (Å²) in [5, 5.41) is 3.32. The minimum atomic E-state index is -0.0251. The van der Waals surface area contributed by atoms with Crippen LogP contribution in [0.15, 0.2) is 12.1 Å². The first-order valence-corrected chi connectivity index (χ1v) is 7.07. The van der Waals surface area contributed by atoms with E-state index in [0.717, 1.165) is 37.3 Å². The maximum atomic E-state index is 12.7. The Kier molecular flexibility index (Phi) is 4.38. The number of carbonyl (C=O) groups is 1. The predicted molar refractivity (Wildman–Crippen MR) is 78.9 cm³/mol. The van der Waals surface area contributed by atoms with Gasteiger partial charge in [0.1, 0.15) is 0 Å². The largest absolute Gasteiger partial charge is 0.314 e. The number of rotatable bonds is 3. The zero-order valence-electron chi connectivity index (χ0n) is 12.4. The van der Waals surface area contributed by atoms with Crippen LogP contribution in [0.2, 0.25) is 0 Å². The number of hydrogen-bond donors (Lipinski definition) is 1. The number of ketones is 1. The van der Waals surface area contributed by atoms with Crippen LogP contribution in [0.5, 0.6) is 0 Å². The molecule has 1 aliphatic heterocycles. The Hall–Kier alpha value is -1.19. The topological polar surface area (TPSA) is 32.3 Å². The number of nitrogens with zero attached hydrogens (tertiary/aromatic N) is 1. The first-order chi connectivity index (χ1) is 9.00. The molecule has 1 aromatic carbocycles. The van der Waals surface area contributed by atoms with Gasteiger partial charge in [-0.05, 0) is 50.5 Å². The van der Waals surface area contributed by atoms with Crippen LogP contribution in [0.3, 0.4) is 0 Å². The van der Waals surface area contributed by atoms with E-state index in [1.54, 1.807) is 0 Å². The highest BCUT2D eigenvalue weighted by Gasteiger charge is 2.24. The zero-order chi connectivity index (χ0) is 14.0. The van der Waals surface area contributed by atoms with Gasteiger partial charge in [0.15, 0.2) is 5.78 Å². The Bertz CT molecular complexity index is 476. The summed E-state index contributed by atoms with van der Waals surface area (Å²) in [5.41, 5.74) is 4.43. The van der Waals surface area contributed by atoms with Crippen LogP contribution in [0.1, 0.15) is 34.0 Å². The van der Waals surface area contributed by atoms with Crippen molar-refractivity contribution >= 4 is 5.78 Å². The zero-order valence-corrected chi connectivity index (χ0v) is 12.4. The van der Waals surface area contributed by atoms with Crippen molar-refractivity contribution in [2.45, 2.75) is 33.7 Å². The molecule has 1 fully saturated rings. The lowest BCUT2D eigenvalue weighted by Crippen LogP contribution is -2.50. The molecule has 1 N–H and O–H groups in total. The molecule has 1 atom stereocenters. The van der Waals surface area contributed by atoms with Crippen LogP contribution in [0, 0.1) is 20.8 Å². The average molecular weight is 260 g/mol. The van der Waals surface area contributed by atoms with Gasteiger partial charge in [-0.3, -0.25) is 9.69 Å². The van der Waals surface area contributed by atoms with Gasteiger partial charge in [-0.25, -0.2) is 0 Å². The number of Topliss-reactive ketones (excluding diaryl/α,β-unsaturated/α-hetero) is 1. The summed E-state index contributed by atoms with van der Waals surface area (Å²) in [4.78, 5) is 14.9. The molecule has 0 radical (unpaired) electrons. The van der Waals surface area contributed by atoms with Gasteiger partial charge in [0.2, 0.25) is 0 Å². The van der Waals surface area contributed by atoms with E-state index in [1.165, 1.54) is 11.1 Å². The molecule has 0 aromatic heterocycles. The van der Waals surface area contributed by atoms with Crippen molar-refractivity contribution in [3.8, 4) is 0 Å². The summed E-state index contributed by atoms with van der Waals surface area (Å²) < 4.78 is 0. The van der Waals surface area contributed by atoms with E-state index in [2.05, 4.69) is 30.1 Å². The van der Waals surface area contributed by atoms with Gasteiger partial charge < -0.3 is 5.32 Å². The van der Waals surface area contributed by atoms with E-state index in [0.29, 0.717) is 0 Å². The molecule has 2 rings (SSSR count). The summed E-state index contributed by atoms with van der Waals surface area (Å²) in [6.07, 6.45) is 0. The molecule has 1 aromatic rings. The van der Waals surface area contributed by atoms with Gasteiger partial charge in [0.25, 0.3) is 0 Å². The number of carbonyl (C=O) groups excluding carboxylic acids is 1. The van der Waals surface area contributed by atoms with Gasteiger partial charge in [-0.1, -0.05) is 6.07 Å². The second-order valence-corrected chi connectivity index (χ2v) is 5.58. The first-order valence-electron chi connectivity index (χ1n) is 7.07. The SMILES string of the molecule is Cc1cc(C)c(C(=O)C(C)N2CCNCC2)cc1C. The number of aryl methyl sites for hydroxylation is 3. The van der Waals surface area contributed by atoms with Crippen LogP contribution in [-0.2, 0) is 0 Å². The van der Waals surface area contributed by atoms with Crippen molar-refractivity contribution in [3.05, 3.63) is 34.4 Å². The van der Waals surface area contributed by atoms with Crippen molar-refractivity contribution in [3.63, 3.8) is 0 Å². The smallest absolute Gasteiger partial charge is 0.179 e. The number of hydrogen-bond acceptors (Lipinski definition) is 3. The third-order valence-corrected chi connectivity index (χ3v) is 4.18. The molecule has 3 nitrogen and oxygen atoms in total. The van der Waals surface area contributed by atoms with Crippen molar-refractivity contribution in [2.75, 3.05) is 26.2 Å². The molecule has 1 saturated heterocycles. The third kappa shape index (κ3) is 3.04. The second-order valence-electron chi connectivity index (χ2n) is 5.58. The Morgan fingerprint density at radius 1 is 1.11 bits per heavy atom. The quantitative estimate of drug-likeness (QED) is 0.845. The summed E-state index contributed by atoms with van der Waals surface area (Å²) in [6.45, 7) is 12.1. The minimum absolute atomic E-state index is 0.0251. The Balaban J connectivity index is 2.21. The van der Waals surface area contributed by atoms with Crippen molar-refractivity contribution in [1.82, 2.24) is 10.2 Å². The maximum Gasteiger partial charge on any atom is 0.179 e. The van der Waals surface area contributed by atoms with Crippen LogP contribution >= 0.6 is 0 Å². The highest BCUT2D eigenvalue weighted by atomic mass is 16.1. The van der Waals surface area contributed by atoms with Crippen LogP contribution in [0.25, 0.3) is 0 Å². The Morgan fingerprint density at radius 3 is 2.32 bits per heavy atom. The van der Waals surface area contributed by atoms with Gasteiger partial charge in [0.05, 0.1) is 6.04 Å². The highest BCUT2D eigenvalue weighted by molar-refractivity contribution is 6.01. The van der Waals surface area contributed by atoms with E-state index in [-0.39, 0.29) is 11.8 Å². The van der Waals surface area contributed by atoms with Crippen LogP contribution in [-0.4, -0.2) is 42.9 Å². The van der Waals surface area contributed by atoms with Gasteiger partial charge >= 0.3 is 0 Å². The van der Waals surface area contributed by atoms with Gasteiger partial charge in [0, 0.05) is 31.7 Å². The van der Waals surface area contributed by atoms with Crippen molar-refractivity contribution in [1.29, 1.82) is 0 Å². The third-order valence-electron chi connectivity index (χ3n) is 4.18. The summed E-state index contributed by atoms with van der Waals surface area (Å²) in [7, 11) is 0. The van der Waals surface area contributed by atoms with Crippen molar-refractivity contribution < 1.29 is 4.79 Å². The molecular weight excluding hydrogens is 236 g/mol. The molecule has 1 aliphatic rings. The second kappa shape index (κ2) is 5.85. The fourth-order valence-corrected chi connectivity index (χ4v) is 2.69. The number of benzene rings is 1. The molecular formula is C16H24N2O. The predicted octanol–water partition coefficient (Wildman–Crippen LogP) is 2.09. The first kappa shape index (κ1) is 14.2. The fraction of sp³-hybridized carbons (Fsp3) is 0.562. The molecule has 0 saturated carbocycles. The fourth-order valence-electron chi connectivity index (χ4n) is 2.69. The summed E-state index contributed by atoms with van der Waals surface area (Å²) >= 11 is 0. The molecule has 1 heterocycles. The number of piperazine rings is 1. The van der Waals surface area contributed by atoms with E-state index in [1.807, 2.05) is 19.9 Å². The molecule has 0 bridgehead atoms. The van der Waals surface area contributed by atoms with Crippen LogP contribution in [0.4, 0.5) is 0 Å². The molecule has 19 heavy (non-hydrogen) atoms. The molecule has 1 unspecified atom stereocenters. The van der Waals surface area contributed by atoms with E-state index < -0.39 is 0 Å². The normalized spacial score (nSPS) is 18.3. The molecule has 0 amide bonds. The van der Waals surface area contributed by atoms with Crippen LogP contribution < -0.4 is 5.32 Å².